The van der Waals surface area contributed by atoms with Crippen LogP contribution in [0.1, 0.15) is 181 Å². The molecule has 238 valence electrons. The Kier molecular flexibility index (Phi) is 30.3. The summed E-state index contributed by atoms with van der Waals surface area (Å²) in [5.74, 6) is -0.181. The van der Waals surface area contributed by atoms with Crippen molar-refractivity contribution in [2.45, 2.75) is 199 Å². The molecule has 0 aliphatic heterocycles. The van der Waals surface area contributed by atoms with E-state index in [1.54, 1.807) is 0 Å². The Hall–Kier alpha value is -0.910. The van der Waals surface area contributed by atoms with Crippen molar-refractivity contribution in [2.75, 3.05) is 6.61 Å². The van der Waals surface area contributed by atoms with Crippen LogP contribution in [-0.2, 0) is 4.79 Å². The molecule has 4 N–H and O–H groups in total. The number of carbonyl (C=O) groups is 1. The van der Waals surface area contributed by atoms with Gasteiger partial charge in [-0.25, -0.2) is 0 Å². The van der Waals surface area contributed by atoms with Crippen molar-refractivity contribution in [3.63, 3.8) is 0 Å². The number of carbonyl (C=O) groups excluding carboxylic acids is 1. The molecule has 3 atom stereocenters. The summed E-state index contributed by atoms with van der Waals surface area (Å²) < 4.78 is 0. The molecule has 0 aromatic heterocycles. The molecular formula is C35H69NO4. The van der Waals surface area contributed by atoms with Crippen molar-refractivity contribution in [1.29, 1.82) is 0 Å². The highest BCUT2D eigenvalue weighted by Gasteiger charge is 2.26. The lowest BCUT2D eigenvalue weighted by molar-refractivity contribution is -0.124. The van der Waals surface area contributed by atoms with Gasteiger partial charge in [0.2, 0.25) is 5.91 Å². The summed E-state index contributed by atoms with van der Waals surface area (Å²) in [4.78, 5) is 12.2. The van der Waals surface area contributed by atoms with E-state index in [0.29, 0.717) is 12.8 Å². The zero-order valence-electron chi connectivity index (χ0n) is 26.7. The van der Waals surface area contributed by atoms with E-state index in [9.17, 15) is 20.1 Å². The number of aliphatic hydroxyl groups is 3. The van der Waals surface area contributed by atoms with Gasteiger partial charge in [-0.2, -0.15) is 0 Å². The predicted octanol–water partition coefficient (Wildman–Crippen LogP) is 8.92. The number of aliphatic hydroxyl groups excluding tert-OH is 3. The average Bonchev–Trinajstić information content (AvgIpc) is 2.96. The maximum atomic E-state index is 12.2. The Balaban J connectivity index is 3.68. The molecule has 0 fully saturated rings. The minimum absolute atomic E-state index is 0.181. The summed E-state index contributed by atoms with van der Waals surface area (Å²) in [6.07, 6.45) is 33.1. The van der Waals surface area contributed by atoms with Gasteiger partial charge in [0.25, 0.3) is 0 Å². The molecule has 0 radical (unpaired) electrons. The Labute approximate surface area is 249 Å². The first-order valence-electron chi connectivity index (χ1n) is 17.5. The third-order valence-corrected chi connectivity index (χ3v) is 8.12. The van der Waals surface area contributed by atoms with Gasteiger partial charge >= 0.3 is 0 Å². The van der Waals surface area contributed by atoms with Gasteiger partial charge in [0, 0.05) is 6.42 Å². The van der Waals surface area contributed by atoms with Gasteiger partial charge in [-0.05, 0) is 32.1 Å². The van der Waals surface area contributed by atoms with Crippen LogP contribution < -0.4 is 5.32 Å². The summed E-state index contributed by atoms with van der Waals surface area (Å²) in [5.41, 5.74) is 0. The van der Waals surface area contributed by atoms with Gasteiger partial charge in [0.05, 0.1) is 18.8 Å². The third-order valence-electron chi connectivity index (χ3n) is 8.12. The second kappa shape index (κ2) is 31.0. The van der Waals surface area contributed by atoms with E-state index in [4.69, 9.17) is 0 Å². The van der Waals surface area contributed by atoms with E-state index in [-0.39, 0.29) is 12.5 Å². The summed E-state index contributed by atoms with van der Waals surface area (Å²) in [7, 11) is 0. The smallest absolute Gasteiger partial charge is 0.220 e. The molecule has 0 spiro atoms. The van der Waals surface area contributed by atoms with Gasteiger partial charge in [0.15, 0.2) is 0 Å². The molecule has 0 saturated carbocycles. The number of hydrogen-bond donors (Lipinski definition) is 4. The van der Waals surface area contributed by atoms with Crippen LogP contribution in [0.25, 0.3) is 0 Å². The summed E-state index contributed by atoms with van der Waals surface area (Å²) >= 11 is 0. The average molecular weight is 568 g/mol. The van der Waals surface area contributed by atoms with Gasteiger partial charge in [-0.3, -0.25) is 4.79 Å². The van der Waals surface area contributed by atoms with Crippen molar-refractivity contribution in [3.8, 4) is 0 Å². The SMILES string of the molecule is CCCCCC/C=C\CCCC(=O)NC(CO)C(O)C(O)CCCCCCCCCCCCCCCCCCC. The molecule has 0 rings (SSSR count). The normalized spacial score (nSPS) is 14.0. The molecule has 40 heavy (non-hydrogen) atoms. The molecule has 0 saturated heterocycles. The van der Waals surface area contributed by atoms with E-state index in [1.807, 2.05) is 0 Å². The van der Waals surface area contributed by atoms with E-state index in [1.165, 1.54) is 116 Å². The lowest BCUT2D eigenvalue weighted by Crippen LogP contribution is -2.50. The van der Waals surface area contributed by atoms with E-state index in [2.05, 4.69) is 31.3 Å². The molecular weight excluding hydrogens is 498 g/mol. The third kappa shape index (κ3) is 26.0. The number of unbranched alkanes of at least 4 members (excludes halogenated alkanes) is 21. The Morgan fingerprint density at radius 2 is 1.00 bits per heavy atom. The monoisotopic (exact) mass is 568 g/mol. The van der Waals surface area contributed by atoms with Crippen LogP contribution in [0, 0.1) is 0 Å². The lowest BCUT2D eigenvalue weighted by Gasteiger charge is -2.26. The van der Waals surface area contributed by atoms with Gasteiger partial charge in [0.1, 0.15) is 6.10 Å². The van der Waals surface area contributed by atoms with Crippen LogP contribution in [0.2, 0.25) is 0 Å². The Morgan fingerprint density at radius 3 is 1.45 bits per heavy atom. The first kappa shape index (κ1) is 39.1. The summed E-state index contributed by atoms with van der Waals surface area (Å²) in [5, 5.41) is 33.2. The number of hydrogen-bond acceptors (Lipinski definition) is 4. The van der Waals surface area contributed by atoms with Crippen LogP contribution in [0.15, 0.2) is 12.2 Å². The number of amides is 1. The molecule has 0 heterocycles. The van der Waals surface area contributed by atoms with Gasteiger partial charge < -0.3 is 20.6 Å². The predicted molar refractivity (Wildman–Crippen MR) is 172 cm³/mol. The van der Waals surface area contributed by atoms with E-state index < -0.39 is 18.2 Å². The fraction of sp³-hybridized carbons (Fsp3) is 0.914. The van der Waals surface area contributed by atoms with Crippen molar-refractivity contribution in [2.24, 2.45) is 0 Å². The Morgan fingerprint density at radius 1 is 0.600 bits per heavy atom. The standard InChI is InChI=1S/C35H69NO4/c1-3-5-7-9-11-13-14-15-16-17-18-19-20-22-23-25-27-29-33(38)35(40)32(31-37)36-34(39)30-28-26-24-21-12-10-8-6-4-2/h21,24,32-33,35,37-38,40H,3-20,22-23,25-31H2,1-2H3,(H,36,39)/b24-21-. The topological polar surface area (TPSA) is 89.8 Å². The van der Waals surface area contributed by atoms with E-state index >= 15 is 0 Å². The largest absolute Gasteiger partial charge is 0.394 e. The minimum Gasteiger partial charge on any atom is -0.394 e. The molecule has 0 aromatic carbocycles. The first-order chi connectivity index (χ1) is 19.6. The quantitative estimate of drug-likeness (QED) is 0.0497. The molecule has 0 aliphatic carbocycles. The first-order valence-corrected chi connectivity index (χ1v) is 17.5. The van der Waals surface area contributed by atoms with Crippen molar-refractivity contribution < 1.29 is 20.1 Å². The van der Waals surface area contributed by atoms with Crippen LogP contribution >= 0.6 is 0 Å². The molecule has 1 amide bonds. The van der Waals surface area contributed by atoms with Gasteiger partial charge in [-0.1, -0.05) is 154 Å². The van der Waals surface area contributed by atoms with Crippen molar-refractivity contribution in [3.05, 3.63) is 12.2 Å². The number of allylic oxidation sites excluding steroid dienone is 2. The summed E-state index contributed by atoms with van der Waals surface area (Å²) in [6, 6.07) is -0.817. The highest BCUT2D eigenvalue weighted by molar-refractivity contribution is 5.76. The fourth-order valence-corrected chi connectivity index (χ4v) is 5.34. The molecule has 5 nitrogen and oxygen atoms in total. The maximum absolute atomic E-state index is 12.2. The molecule has 0 aromatic rings. The summed E-state index contributed by atoms with van der Waals surface area (Å²) in [6.45, 7) is 4.11. The van der Waals surface area contributed by atoms with Crippen LogP contribution in [0.4, 0.5) is 0 Å². The number of nitrogens with one attached hydrogen (secondary N) is 1. The van der Waals surface area contributed by atoms with Crippen LogP contribution in [-0.4, -0.2) is 46.1 Å². The van der Waals surface area contributed by atoms with Crippen LogP contribution in [0.3, 0.4) is 0 Å². The zero-order valence-corrected chi connectivity index (χ0v) is 26.7. The second-order valence-electron chi connectivity index (χ2n) is 12.1. The second-order valence-corrected chi connectivity index (χ2v) is 12.1. The van der Waals surface area contributed by atoms with Crippen LogP contribution in [0.5, 0.6) is 0 Å². The molecule has 3 unspecified atom stereocenters. The maximum Gasteiger partial charge on any atom is 0.220 e. The molecule has 0 bridgehead atoms. The highest BCUT2D eigenvalue weighted by atomic mass is 16.3. The van der Waals surface area contributed by atoms with Crippen molar-refractivity contribution in [1.82, 2.24) is 5.32 Å². The Bertz CT molecular complexity index is 554. The molecule has 5 heteroatoms. The fourth-order valence-electron chi connectivity index (χ4n) is 5.34. The number of rotatable bonds is 31. The highest BCUT2D eigenvalue weighted by Crippen LogP contribution is 2.16. The van der Waals surface area contributed by atoms with Gasteiger partial charge in [-0.15, -0.1) is 0 Å². The minimum atomic E-state index is -1.14. The molecule has 0 aliphatic rings. The van der Waals surface area contributed by atoms with E-state index in [0.717, 1.165) is 38.5 Å². The zero-order chi connectivity index (χ0) is 29.5. The van der Waals surface area contributed by atoms with Crippen molar-refractivity contribution >= 4 is 5.91 Å². The lowest BCUT2D eigenvalue weighted by atomic mass is 9.99.